The Hall–Kier alpha value is -2.05. The first kappa shape index (κ1) is 15.5. The summed E-state index contributed by atoms with van der Waals surface area (Å²) < 4.78 is 7.84. The molecule has 0 aliphatic carbocycles. The van der Waals surface area contributed by atoms with E-state index in [2.05, 4.69) is 10.3 Å². The van der Waals surface area contributed by atoms with E-state index in [1.807, 2.05) is 34.8 Å². The maximum Gasteiger partial charge on any atom is 0.264 e. The third-order valence-electron chi connectivity index (χ3n) is 4.66. The van der Waals surface area contributed by atoms with E-state index >= 15 is 0 Å². The lowest BCUT2D eigenvalue weighted by atomic mass is 10.1. The number of ether oxygens (including phenoxy) is 1. The predicted molar refractivity (Wildman–Crippen MR) is 90.1 cm³/mol. The van der Waals surface area contributed by atoms with Crippen molar-refractivity contribution in [3.63, 3.8) is 0 Å². The molecule has 126 valence electrons. The number of fused-ring (bicyclic) bond motifs is 1. The number of piperazine rings is 1. The van der Waals surface area contributed by atoms with Gasteiger partial charge in [0.15, 0.2) is 6.10 Å². The zero-order valence-electron chi connectivity index (χ0n) is 13.4. The molecule has 0 spiro atoms. The molecule has 6 nitrogen and oxygen atoms in total. The summed E-state index contributed by atoms with van der Waals surface area (Å²) >= 11 is 6.04. The Kier molecular flexibility index (Phi) is 3.94. The first-order valence-corrected chi connectivity index (χ1v) is 8.45. The van der Waals surface area contributed by atoms with Crippen molar-refractivity contribution < 1.29 is 9.53 Å². The number of halogens is 1. The molecule has 1 N–H and O–H groups in total. The smallest absolute Gasteiger partial charge is 0.264 e. The molecule has 2 aliphatic heterocycles. The third-order valence-corrected chi connectivity index (χ3v) is 4.89. The van der Waals surface area contributed by atoms with Gasteiger partial charge in [-0.25, -0.2) is 4.98 Å². The summed E-state index contributed by atoms with van der Waals surface area (Å²) in [5, 5.41) is 4.01. The molecule has 2 aliphatic rings. The molecule has 0 radical (unpaired) electrons. The molecule has 0 bridgehead atoms. The SMILES string of the molecule is Cn1ccnc1C1CNCCN1C(=O)C1Cc2cc(Cl)ccc2O1. The lowest BCUT2D eigenvalue weighted by molar-refractivity contribution is -0.141. The molecule has 2 aromatic rings. The molecule has 0 saturated carbocycles. The van der Waals surface area contributed by atoms with Crippen molar-refractivity contribution in [2.75, 3.05) is 19.6 Å². The van der Waals surface area contributed by atoms with Gasteiger partial charge in [-0.1, -0.05) is 11.6 Å². The van der Waals surface area contributed by atoms with Crippen molar-refractivity contribution in [3.8, 4) is 5.75 Å². The number of carbonyl (C=O) groups is 1. The summed E-state index contributed by atoms with van der Waals surface area (Å²) in [4.78, 5) is 19.4. The maximum absolute atomic E-state index is 13.1. The monoisotopic (exact) mass is 346 g/mol. The Labute approximate surface area is 145 Å². The minimum absolute atomic E-state index is 0.0109. The van der Waals surface area contributed by atoms with Gasteiger partial charge in [0.2, 0.25) is 0 Å². The van der Waals surface area contributed by atoms with Crippen LogP contribution in [0.1, 0.15) is 17.4 Å². The number of nitrogens with one attached hydrogen (secondary N) is 1. The molecular weight excluding hydrogens is 328 g/mol. The van der Waals surface area contributed by atoms with Gasteiger partial charge in [0.1, 0.15) is 17.6 Å². The van der Waals surface area contributed by atoms with Crippen LogP contribution < -0.4 is 10.1 Å². The average Bonchev–Trinajstić information content (AvgIpc) is 3.19. The van der Waals surface area contributed by atoms with Crippen LogP contribution in [0.15, 0.2) is 30.6 Å². The lowest BCUT2D eigenvalue weighted by Crippen LogP contribution is -2.53. The van der Waals surface area contributed by atoms with Crippen LogP contribution in [0.4, 0.5) is 0 Å². The van der Waals surface area contributed by atoms with E-state index < -0.39 is 6.10 Å². The number of hydrogen-bond acceptors (Lipinski definition) is 4. The standard InChI is InChI=1S/C17H19ClN4O2/c1-21-6-5-20-16(21)13-10-19-4-7-22(13)17(23)15-9-11-8-12(18)2-3-14(11)24-15/h2-3,5-6,8,13,15,19H,4,7,9-10H2,1H3. The van der Waals surface area contributed by atoms with Crippen molar-refractivity contribution in [2.45, 2.75) is 18.6 Å². The molecule has 24 heavy (non-hydrogen) atoms. The van der Waals surface area contributed by atoms with E-state index in [4.69, 9.17) is 16.3 Å². The summed E-state index contributed by atoms with van der Waals surface area (Å²) in [6, 6.07) is 5.41. The maximum atomic E-state index is 13.1. The fraction of sp³-hybridized carbons (Fsp3) is 0.412. The van der Waals surface area contributed by atoms with Gasteiger partial charge in [-0.05, 0) is 23.8 Å². The van der Waals surface area contributed by atoms with Gasteiger partial charge in [-0.2, -0.15) is 0 Å². The van der Waals surface area contributed by atoms with Crippen molar-refractivity contribution in [1.29, 1.82) is 0 Å². The number of hydrogen-bond donors (Lipinski definition) is 1. The highest BCUT2D eigenvalue weighted by atomic mass is 35.5. The van der Waals surface area contributed by atoms with Gasteiger partial charge in [-0.15, -0.1) is 0 Å². The molecule has 1 aromatic carbocycles. The summed E-state index contributed by atoms with van der Waals surface area (Å²) in [6.45, 7) is 2.12. The van der Waals surface area contributed by atoms with Gasteiger partial charge in [0.05, 0.1) is 0 Å². The molecule has 3 heterocycles. The van der Waals surface area contributed by atoms with E-state index in [0.29, 0.717) is 24.5 Å². The fourth-order valence-electron chi connectivity index (χ4n) is 3.44. The normalized spacial score (nSPS) is 23.0. The summed E-state index contributed by atoms with van der Waals surface area (Å²) in [7, 11) is 1.95. The predicted octanol–water partition coefficient (Wildman–Crippen LogP) is 1.55. The molecule has 1 saturated heterocycles. The Morgan fingerprint density at radius 1 is 1.46 bits per heavy atom. The Morgan fingerprint density at radius 2 is 2.33 bits per heavy atom. The summed E-state index contributed by atoms with van der Waals surface area (Å²) in [5.41, 5.74) is 0.990. The van der Waals surface area contributed by atoms with Crippen molar-refractivity contribution >= 4 is 17.5 Å². The van der Waals surface area contributed by atoms with Gasteiger partial charge >= 0.3 is 0 Å². The molecule has 1 aromatic heterocycles. The minimum atomic E-state index is -0.487. The van der Waals surface area contributed by atoms with Crippen molar-refractivity contribution in [2.24, 2.45) is 7.05 Å². The Balaban J connectivity index is 1.56. The molecule has 2 unspecified atom stereocenters. The van der Waals surface area contributed by atoms with E-state index in [-0.39, 0.29) is 11.9 Å². The largest absolute Gasteiger partial charge is 0.480 e. The highest BCUT2D eigenvalue weighted by Crippen LogP contribution is 2.33. The Bertz CT molecular complexity index is 776. The second-order valence-electron chi connectivity index (χ2n) is 6.21. The van der Waals surface area contributed by atoms with Crippen LogP contribution in [0.3, 0.4) is 0 Å². The number of aryl methyl sites for hydroxylation is 1. The number of rotatable bonds is 2. The van der Waals surface area contributed by atoms with E-state index in [1.54, 1.807) is 12.3 Å². The molecule has 2 atom stereocenters. The summed E-state index contributed by atoms with van der Waals surface area (Å²) in [6.07, 6.45) is 3.73. The second-order valence-corrected chi connectivity index (χ2v) is 6.65. The van der Waals surface area contributed by atoms with E-state index in [1.165, 1.54) is 0 Å². The van der Waals surface area contributed by atoms with E-state index in [0.717, 1.165) is 23.7 Å². The third kappa shape index (κ3) is 2.65. The zero-order valence-corrected chi connectivity index (χ0v) is 14.2. The van der Waals surface area contributed by atoms with E-state index in [9.17, 15) is 4.79 Å². The molecule has 4 rings (SSSR count). The summed E-state index contributed by atoms with van der Waals surface area (Å²) in [5.74, 6) is 1.65. The fourth-order valence-corrected chi connectivity index (χ4v) is 3.63. The number of benzene rings is 1. The van der Waals surface area contributed by atoms with Crippen molar-refractivity contribution in [1.82, 2.24) is 19.8 Å². The lowest BCUT2D eigenvalue weighted by Gasteiger charge is -2.36. The topological polar surface area (TPSA) is 59.4 Å². The van der Waals surface area contributed by atoms with Crippen LogP contribution in [0.25, 0.3) is 0 Å². The second kappa shape index (κ2) is 6.11. The molecule has 1 fully saturated rings. The zero-order chi connectivity index (χ0) is 16.7. The van der Waals surface area contributed by atoms with Crippen LogP contribution in [0.5, 0.6) is 5.75 Å². The minimum Gasteiger partial charge on any atom is -0.480 e. The van der Waals surface area contributed by atoms with Gasteiger partial charge < -0.3 is 19.5 Å². The number of amides is 1. The van der Waals surface area contributed by atoms with Gasteiger partial charge in [0, 0.05) is 50.5 Å². The average molecular weight is 347 g/mol. The van der Waals surface area contributed by atoms with Crippen LogP contribution in [0, 0.1) is 0 Å². The van der Waals surface area contributed by atoms with Gasteiger partial charge in [-0.3, -0.25) is 4.79 Å². The van der Waals surface area contributed by atoms with Crippen LogP contribution >= 0.6 is 11.6 Å². The van der Waals surface area contributed by atoms with Crippen LogP contribution in [-0.2, 0) is 18.3 Å². The van der Waals surface area contributed by atoms with Crippen LogP contribution in [-0.4, -0.2) is 46.1 Å². The van der Waals surface area contributed by atoms with Gasteiger partial charge in [0.25, 0.3) is 5.91 Å². The first-order valence-electron chi connectivity index (χ1n) is 8.07. The van der Waals surface area contributed by atoms with Crippen LogP contribution in [0.2, 0.25) is 5.02 Å². The van der Waals surface area contributed by atoms with Crippen molar-refractivity contribution in [3.05, 3.63) is 47.0 Å². The number of carbonyl (C=O) groups excluding carboxylic acids is 1. The highest BCUT2D eigenvalue weighted by Gasteiger charge is 2.38. The molecule has 1 amide bonds. The number of aromatic nitrogens is 2. The first-order chi connectivity index (χ1) is 11.6. The quantitative estimate of drug-likeness (QED) is 0.896. The number of imidazole rings is 1. The number of nitrogens with zero attached hydrogens (tertiary/aromatic N) is 3. The molecular formula is C17H19ClN4O2. The Morgan fingerprint density at radius 3 is 3.12 bits per heavy atom. The highest BCUT2D eigenvalue weighted by molar-refractivity contribution is 6.30. The molecule has 7 heteroatoms.